The Balaban J connectivity index is 2.81. The summed E-state index contributed by atoms with van der Waals surface area (Å²) in [6.07, 6.45) is 0.569. The molecule has 15 heavy (non-hydrogen) atoms. The van der Waals surface area contributed by atoms with Crippen molar-refractivity contribution in [1.29, 1.82) is 0 Å². The van der Waals surface area contributed by atoms with E-state index in [1.165, 1.54) is 0 Å². The topological polar surface area (TPSA) is 55.5 Å². The first-order valence-corrected chi connectivity index (χ1v) is 5.27. The zero-order valence-electron chi connectivity index (χ0n) is 8.07. The van der Waals surface area contributed by atoms with E-state index in [4.69, 9.17) is 39.4 Å². The minimum Gasteiger partial charge on any atom is -0.493 e. The predicted octanol–water partition coefficient (Wildman–Crippen LogP) is 1.74. The van der Waals surface area contributed by atoms with Crippen molar-refractivity contribution >= 4 is 28.8 Å². The lowest BCUT2D eigenvalue weighted by Gasteiger charge is -2.10. The van der Waals surface area contributed by atoms with Crippen molar-refractivity contribution in [3.8, 4) is 5.75 Å². The highest BCUT2D eigenvalue weighted by atomic mass is 35.5. The van der Waals surface area contributed by atoms with Gasteiger partial charge in [0.1, 0.15) is 10.7 Å². The molecule has 1 rings (SSSR count). The van der Waals surface area contributed by atoms with E-state index < -0.39 is 0 Å². The Morgan fingerprint density at radius 2 is 2.27 bits per heavy atom. The number of hydrogen-bond acceptors (Lipinski definition) is 3. The van der Waals surface area contributed by atoms with E-state index in [2.05, 4.69) is 0 Å². The Morgan fingerprint density at radius 3 is 2.87 bits per heavy atom. The summed E-state index contributed by atoms with van der Waals surface area (Å²) in [5, 5.41) is 9.18. The molecule has 0 spiro atoms. The maximum atomic E-state index is 8.62. The van der Waals surface area contributed by atoms with E-state index >= 15 is 0 Å². The zero-order chi connectivity index (χ0) is 11.3. The van der Waals surface area contributed by atoms with E-state index in [-0.39, 0.29) is 11.6 Å². The Bertz CT molecular complexity index is 357. The van der Waals surface area contributed by atoms with Gasteiger partial charge < -0.3 is 15.6 Å². The highest BCUT2D eigenvalue weighted by Gasteiger charge is 2.06. The van der Waals surface area contributed by atoms with Gasteiger partial charge in [0.05, 0.1) is 12.2 Å². The summed E-state index contributed by atoms with van der Waals surface area (Å²) in [4.78, 5) is 0.247. The average molecular weight is 246 g/mol. The zero-order valence-corrected chi connectivity index (χ0v) is 9.64. The molecule has 5 heteroatoms. The number of aliphatic hydroxyl groups excluding tert-OH is 1. The standard InChI is InChI=1S/C10H12ClNO2S/c11-7-2-3-9(14-5-1-4-13)8(6-7)10(12)15/h2-3,6,13H,1,4-5H2,(H2,12,15). The Morgan fingerprint density at radius 1 is 1.53 bits per heavy atom. The quantitative estimate of drug-likeness (QED) is 0.613. The van der Waals surface area contributed by atoms with E-state index in [1.54, 1.807) is 18.2 Å². The van der Waals surface area contributed by atoms with Crippen LogP contribution in [0.1, 0.15) is 12.0 Å². The number of hydrogen-bond donors (Lipinski definition) is 2. The molecule has 0 amide bonds. The van der Waals surface area contributed by atoms with E-state index in [0.717, 1.165) is 0 Å². The predicted molar refractivity (Wildman–Crippen MR) is 64.5 cm³/mol. The first kappa shape index (κ1) is 12.2. The normalized spacial score (nSPS) is 10.0. The van der Waals surface area contributed by atoms with E-state index in [9.17, 15) is 0 Å². The van der Waals surface area contributed by atoms with Crippen molar-refractivity contribution in [2.24, 2.45) is 5.73 Å². The monoisotopic (exact) mass is 245 g/mol. The van der Waals surface area contributed by atoms with Gasteiger partial charge in [0, 0.05) is 18.1 Å². The molecule has 0 bridgehead atoms. The molecule has 3 N–H and O–H groups in total. The lowest BCUT2D eigenvalue weighted by molar-refractivity contribution is 0.233. The van der Waals surface area contributed by atoms with Crippen LogP contribution >= 0.6 is 23.8 Å². The molecular weight excluding hydrogens is 234 g/mol. The van der Waals surface area contributed by atoms with E-state index in [0.29, 0.717) is 29.4 Å². The smallest absolute Gasteiger partial charge is 0.129 e. The van der Waals surface area contributed by atoms with Gasteiger partial charge in [-0.15, -0.1) is 0 Å². The third-order valence-electron chi connectivity index (χ3n) is 1.77. The average Bonchev–Trinajstić information content (AvgIpc) is 2.20. The van der Waals surface area contributed by atoms with Crippen LogP contribution in [0.2, 0.25) is 5.02 Å². The molecule has 0 aliphatic heterocycles. The van der Waals surface area contributed by atoms with Crippen LogP contribution in [-0.4, -0.2) is 23.3 Å². The third-order valence-corrected chi connectivity index (χ3v) is 2.22. The summed E-state index contributed by atoms with van der Waals surface area (Å²) in [6.45, 7) is 0.518. The fourth-order valence-corrected chi connectivity index (χ4v) is 1.40. The van der Waals surface area contributed by atoms with Gasteiger partial charge in [0.2, 0.25) is 0 Å². The number of aliphatic hydroxyl groups is 1. The maximum Gasteiger partial charge on any atom is 0.129 e. The lowest BCUT2D eigenvalue weighted by atomic mass is 10.2. The van der Waals surface area contributed by atoms with Crippen molar-refractivity contribution in [3.63, 3.8) is 0 Å². The number of benzene rings is 1. The van der Waals surface area contributed by atoms with Crippen LogP contribution in [0.3, 0.4) is 0 Å². The molecule has 0 saturated heterocycles. The van der Waals surface area contributed by atoms with Crippen LogP contribution < -0.4 is 10.5 Å². The van der Waals surface area contributed by atoms with Crippen LogP contribution in [0.25, 0.3) is 0 Å². The minimum absolute atomic E-state index is 0.0932. The second-order valence-electron chi connectivity index (χ2n) is 2.93. The first-order chi connectivity index (χ1) is 7.15. The van der Waals surface area contributed by atoms with Gasteiger partial charge in [0.15, 0.2) is 0 Å². The number of thiocarbonyl (C=S) groups is 1. The highest BCUT2D eigenvalue weighted by Crippen LogP contribution is 2.22. The highest BCUT2D eigenvalue weighted by molar-refractivity contribution is 7.80. The summed E-state index contributed by atoms with van der Waals surface area (Å²) >= 11 is 10.7. The van der Waals surface area contributed by atoms with Crippen LogP contribution in [-0.2, 0) is 0 Å². The molecule has 0 fully saturated rings. The van der Waals surface area contributed by atoms with Crippen molar-refractivity contribution in [2.75, 3.05) is 13.2 Å². The van der Waals surface area contributed by atoms with Crippen molar-refractivity contribution in [3.05, 3.63) is 28.8 Å². The van der Waals surface area contributed by atoms with E-state index in [1.807, 2.05) is 0 Å². The van der Waals surface area contributed by atoms with Gasteiger partial charge in [-0.25, -0.2) is 0 Å². The Kier molecular flexibility index (Phi) is 4.81. The minimum atomic E-state index is 0.0932. The number of halogens is 1. The fraction of sp³-hybridized carbons (Fsp3) is 0.300. The number of ether oxygens (including phenoxy) is 1. The summed E-state index contributed by atoms with van der Waals surface area (Å²) in [7, 11) is 0. The Hall–Kier alpha value is -0.840. The van der Waals surface area contributed by atoms with Gasteiger partial charge in [-0.1, -0.05) is 23.8 Å². The summed E-state index contributed by atoms with van der Waals surface area (Å²) in [5.74, 6) is 0.598. The molecule has 0 heterocycles. The molecule has 0 aliphatic carbocycles. The Labute approximate surface area is 98.8 Å². The summed E-state index contributed by atoms with van der Waals surface area (Å²) in [6, 6.07) is 5.09. The van der Waals surface area contributed by atoms with Gasteiger partial charge in [-0.2, -0.15) is 0 Å². The molecule has 0 aromatic heterocycles. The fourth-order valence-electron chi connectivity index (χ4n) is 1.07. The van der Waals surface area contributed by atoms with Gasteiger partial charge >= 0.3 is 0 Å². The first-order valence-electron chi connectivity index (χ1n) is 4.48. The largest absolute Gasteiger partial charge is 0.493 e. The summed E-state index contributed by atoms with van der Waals surface area (Å²) in [5.41, 5.74) is 6.15. The van der Waals surface area contributed by atoms with Crippen LogP contribution in [0.4, 0.5) is 0 Å². The number of nitrogens with two attached hydrogens (primary N) is 1. The maximum absolute atomic E-state index is 8.62. The summed E-state index contributed by atoms with van der Waals surface area (Å²) < 4.78 is 5.41. The molecule has 0 radical (unpaired) electrons. The molecule has 0 saturated carbocycles. The second-order valence-corrected chi connectivity index (χ2v) is 3.81. The van der Waals surface area contributed by atoms with Crippen molar-refractivity contribution in [2.45, 2.75) is 6.42 Å². The van der Waals surface area contributed by atoms with Crippen molar-refractivity contribution < 1.29 is 9.84 Å². The second kappa shape index (κ2) is 5.90. The van der Waals surface area contributed by atoms with Gasteiger partial charge in [-0.05, 0) is 18.2 Å². The third kappa shape index (κ3) is 3.66. The SMILES string of the molecule is NC(=S)c1cc(Cl)ccc1OCCCO. The molecular formula is C10H12ClNO2S. The molecule has 0 unspecified atom stereocenters. The van der Waals surface area contributed by atoms with Crippen molar-refractivity contribution in [1.82, 2.24) is 0 Å². The molecule has 3 nitrogen and oxygen atoms in total. The molecule has 0 aliphatic rings. The lowest BCUT2D eigenvalue weighted by Crippen LogP contribution is -2.12. The molecule has 1 aromatic carbocycles. The molecule has 1 aromatic rings. The molecule has 0 atom stereocenters. The van der Waals surface area contributed by atoms with Crippen LogP contribution in [0, 0.1) is 0 Å². The van der Waals surface area contributed by atoms with Crippen LogP contribution in [0.15, 0.2) is 18.2 Å². The van der Waals surface area contributed by atoms with Gasteiger partial charge in [-0.3, -0.25) is 0 Å². The molecule has 82 valence electrons. The van der Waals surface area contributed by atoms with Crippen LogP contribution in [0.5, 0.6) is 5.75 Å². The van der Waals surface area contributed by atoms with Gasteiger partial charge in [0.25, 0.3) is 0 Å². The number of rotatable bonds is 5.